The average molecular weight is 271 g/mol. The van der Waals surface area contributed by atoms with Crippen LogP contribution in [0.15, 0.2) is 48.5 Å². The smallest absolute Gasteiger partial charge is 0.323 e. The van der Waals surface area contributed by atoms with E-state index in [9.17, 15) is 4.79 Å². The Bertz CT molecular complexity index is 694. The maximum atomic E-state index is 11.8. The number of carbonyl (C=O) groups excluding carboxylic acids is 1. The van der Waals surface area contributed by atoms with Gasteiger partial charge in [0.1, 0.15) is 0 Å². The first-order valence-corrected chi connectivity index (χ1v) is 6.21. The van der Waals surface area contributed by atoms with Gasteiger partial charge < -0.3 is 5.73 Å². The Labute approximate surface area is 115 Å². The van der Waals surface area contributed by atoms with Crippen molar-refractivity contribution in [2.75, 3.05) is 4.90 Å². The zero-order chi connectivity index (χ0) is 13.4. The minimum absolute atomic E-state index is 0.528. The number of nitrogens with two attached hydrogens (primary N) is 1. The normalized spacial score (nSPS) is 13.1. The molecule has 1 aliphatic rings. The van der Waals surface area contributed by atoms with Gasteiger partial charge in [-0.05, 0) is 18.2 Å². The fourth-order valence-corrected chi connectivity index (χ4v) is 2.54. The number of carbonyl (C=O) groups is 1. The van der Waals surface area contributed by atoms with Gasteiger partial charge in [-0.2, -0.15) is 0 Å². The van der Waals surface area contributed by atoms with Crippen LogP contribution in [-0.2, 0) is 0 Å². The van der Waals surface area contributed by atoms with Crippen LogP contribution in [0.5, 0.6) is 0 Å². The SMILES string of the molecule is NC(=O)N1c2ccccc2C=C(Cl)c2ccccc21. The number of primary amides is 1. The molecule has 2 amide bonds. The van der Waals surface area contributed by atoms with Gasteiger partial charge in [-0.25, -0.2) is 4.79 Å². The van der Waals surface area contributed by atoms with E-state index in [1.807, 2.05) is 54.6 Å². The molecule has 0 saturated carbocycles. The average Bonchev–Trinajstić information content (AvgIpc) is 2.53. The molecule has 0 spiro atoms. The molecule has 2 aromatic rings. The summed E-state index contributed by atoms with van der Waals surface area (Å²) in [7, 11) is 0. The van der Waals surface area contributed by atoms with Crippen LogP contribution < -0.4 is 10.6 Å². The number of halogens is 1. The van der Waals surface area contributed by atoms with Crippen molar-refractivity contribution < 1.29 is 4.79 Å². The van der Waals surface area contributed by atoms with Crippen LogP contribution in [0.2, 0.25) is 0 Å². The molecule has 0 aliphatic carbocycles. The predicted octanol–water partition coefficient (Wildman–Crippen LogP) is 3.95. The van der Waals surface area contributed by atoms with E-state index in [-0.39, 0.29) is 0 Å². The topological polar surface area (TPSA) is 46.3 Å². The molecule has 4 heteroatoms. The Morgan fingerprint density at radius 1 is 1.00 bits per heavy atom. The number of urea groups is 1. The highest BCUT2D eigenvalue weighted by Gasteiger charge is 2.23. The van der Waals surface area contributed by atoms with E-state index in [0.29, 0.717) is 10.7 Å². The number of hydrogen-bond acceptors (Lipinski definition) is 1. The van der Waals surface area contributed by atoms with E-state index in [0.717, 1.165) is 16.8 Å². The second-order valence-corrected chi connectivity index (χ2v) is 4.65. The Hall–Kier alpha value is -2.26. The van der Waals surface area contributed by atoms with Gasteiger partial charge >= 0.3 is 6.03 Å². The maximum absolute atomic E-state index is 11.8. The molecule has 0 aromatic heterocycles. The Balaban J connectivity index is 2.36. The highest BCUT2D eigenvalue weighted by molar-refractivity contribution is 6.52. The van der Waals surface area contributed by atoms with Crippen LogP contribution in [0.1, 0.15) is 11.1 Å². The second kappa shape index (κ2) is 4.44. The lowest BCUT2D eigenvalue weighted by Crippen LogP contribution is -2.32. The van der Waals surface area contributed by atoms with E-state index >= 15 is 0 Å². The number of anilines is 2. The monoisotopic (exact) mass is 270 g/mol. The largest absolute Gasteiger partial charge is 0.351 e. The summed E-state index contributed by atoms with van der Waals surface area (Å²) < 4.78 is 0. The molecule has 2 N–H and O–H groups in total. The van der Waals surface area contributed by atoms with Crippen LogP contribution in [-0.4, -0.2) is 6.03 Å². The minimum Gasteiger partial charge on any atom is -0.351 e. The molecular weight excluding hydrogens is 260 g/mol. The van der Waals surface area contributed by atoms with Crippen LogP contribution in [0, 0.1) is 0 Å². The van der Waals surface area contributed by atoms with Gasteiger partial charge in [0.2, 0.25) is 0 Å². The summed E-state index contributed by atoms with van der Waals surface area (Å²) in [6.07, 6.45) is 1.85. The van der Waals surface area contributed by atoms with E-state index in [4.69, 9.17) is 17.3 Å². The molecule has 0 unspecified atom stereocenters. The lowest BCUT2D eigenvalue weighted by Gasteiger charge is -2.22. The van der Waals surface area contributed by atoms with Crippen molar-refractivity contribution in [2.24, 2.45) is 5.73 Å². The van der Waals surface area contributed by atoms with E-state index < -0.39 is 6.03 Å². The quantitative estimate of drug-likeness (QED) is 0.774. The third-order valence-electron chi connectivity index (χ3n) is 3.08. The summed E-state index contributed by atoms with van der Waals surface area (Å²) >= 11 is 6.33. The predicted molar refractivity (Wildman–Crippen MR) is 78.3 cm³/mol. The molecule has 3 nitrogen and oxygen atoms in total. The molecule has 2 aromatic carbocycles. The van der Waals surface area contributed by atoms with Gasteiger partial charge in [0.15, 0.2) is 0 Å². The van der Waals surface area contributed by atoms with E-state index in [1.54, 1.807) is 0 Å². The van der Waals surface area contributed by atoms with E-state index in [1.165, 1.54) is 4.90 Å². The van der Waals surface area contributed by atoms with Gasteiger partial charge in [0.25, 0.3) is 0 Å². The molecule has 19 heavy (non-hydrogen) atoms. The second-order valence-electron chi connectivity index (χ2n) is 4.24. The van der Waals surface area contributed by atoms with Gasteiger partial charge in [0.05, 0.1) is 16.4 Å². The van der Waals surface area contributed by atoms with Gasteiger partial charge in [0, 0.05) is 11.1 Å². The fourth-order valence-electron chi connectivity index (χ4n) is 2.27. The van der Waals surface area contributed by atoms with Gasteiger partial charge in [-0.15, -0.1) is 0 Å². The summed E-state index contributed by atoms with van der Waals surface area (Å²) in [4.78, 5) is 13.3. The lowest BCUT2D eigenvalue weighted by molar-refractivity contribution is 0.256. The number of nitrogens with zero attached hydrogens (tertiary/aromatic N) is 1. The highest BCUT2D eigenvalue weighted by Crippen LogP contribution is 2.40. The van der Waals surface area contributed by atoms with Crippen LogP contribution in [0.3, 0.4) is 0 Å². The molecule has 1 heterocycles. The first-order chi connectivity index (χ1) is 9.18. The number of amides is 2. The Kier molecular flexibility index (Phi) is 2.76. The van der Waals surface area contributed by atoms with Crippen LogP contribution in [0.25, 0.3) is 11.1 Å². The number of fused-ring (bicyclic) bond motifs is 2. The van der Waals surface area contributed by atoms with Gasteiger partial charge in [-0.3, -0.25) is 4.90 Å². The number of benzene rings is 2. The molecule has 0 bridgehead atoms. The van der Waals surface area contributed by atoms with Crippen LogP contribution in [0.4, 0.5) is 16.2 Å². The molecule has 0 fully saturated rings. The third kappa shape index (κ3) is 1.88. The molecule has 0 atom stereocenters. The number of hydrogen-bond donors (Lipinski definition) is 1. The Morgan fingerprint density at radius 2 is 1.63 bits per heavy atom. The Morgan fingerprint density at radius 3 is 2.37 bits per heavy atom. The van der Waals surface area contributed by atoms with Crippen LogP contribution >= 0.6 is 11.6 Å². The highest BCUT2D eigenvalue weighted by atomic mass is 35.5. The van der Waals surface area contributed by atoms with Crippen molar-refractivity contribution in [1.29, 1.82) is 0 Å². The molecule has 0 radical (unpaired) electrons. The fraction of sp³-hybridized carbons (Fsp3) is 0. The summed E-state index contributed by atoms with van der Waals surface area (Å²) in [5.41, 5.74) is 8.62. The van der Waals surface area contributed by atoms with Crippen molar-refractivity contribution in [1.82, 2.24) is 0 Å². The minimum atomic E-state index is -0.528. The lowest BCUT2D eigenvalue weighted by atomic mass is 10.1. The third-order valence-corrected chi connectivity index (χ3v) is 3.40. The van der Waals surface area contributed by atoms with Crippen molar-refractivity contribution >= 4 is 40.1 Å². The molecule has 0 saturated heterocycles. The molecule has 1 aliphatic heterocycles. The van der Waals surface area contributed by atoms with Crippen molar-refractivity contribution in [2.45, 2.75) is 0 Å². The first-order valence-electron chi connectivity index (χ1n) is 5.83. The standard InChI is InChI=1S/C15H11ClN2O/c16-12-9-10-5-1-3-7-13(10)18(15(17)19)14-8-4-2-6-11(12)14/h1-9H,(H2,17,19). The summed E-state index contributed by atoms with van der Waals surface area (Å²) in [5, 5.41) is 0.590. The maximum Gasteiger partial charge on any atom is 0.323 e. The first kappa shape index (κ1) is 11.8. The van der Waals surface area contributed by atoms with E-state index in [2.05, 4.69) is 0 Å². The summed E-state index contributed by atoms with van der Waals surface area (Å²) in [6, 6.07) is 14.4. The summed E-state index contributed by atoms with van der Waals surface area (Å²) in [5.74, 6) is 0. The molecular formula is C15H11ClN2O. The molecule has 3 rings (SSSR count). The zero-order valence-corrected chi connectivity index (χ0v) is 10.8. The van der Waals surface area contributed by atoms with Gasteiger partial charge in [-0.1, -0.05) is 48.0 Å². The number of para-hydroxylation sites is 2. The molecule has 94 valence electrons. The van der Waals surface area contributed by atoms with Crippen molar-refractivity contribution in [3.05, 3.63) is 59.7 Å². The van der Waals surface area contributed by atoms with Crippen molar-refractivity contribution in [3.63, 3.8) is 0 Å². The number of rotatable bonds is 0. The zero-order valence-electron chi connectivity index (χ0n) is 10.0. The summed E-state index contributed by atoms with van der Waals surface area (Å²) in [6.45, 7) is 0. The van der Waals surface area contributed by atoms with Crippen molar-refractivity contribution in [3.8, 4) is 0 Å².